The summed E-state index contributed by atoms with van der Waals surface area (Å²) in [6.07, 6.45) is 0.951. The number of rotatable bonds is 7. The molecule has 0 unspecified atom stereocenters. The molecule has 0 atom stereocenters. The fourth-order valence-corrected chi connectivity index (χ4v) is 2.82. The first-order valence-corrected chi connectivity index (χ1v) is 7.60. The number of anilines is 2. The Hall–Kier alpha value is -2.08. The Labute approximate surface area is 128 Å². The van der Waals surface area contributed by atoms with E-state index in [1.807, 2.05) is 18.2 Å². The molecule has 2 rings (SSSR count). The number of nitrogens with zero attached hydrogens (tertiary/aromatic N) is 2. The Morgan fingerprint density at radius 3 is 2.71 bits per heavy atom. The van der Waals surface area contributed by atoms with Crippen molar-refractivity contribution in [3.05, 3.63) is 40.9 Å². The molecule has 0 aliphatic heterocycles. The SMILES string of the molecule is Cc1sc(NCCCN(C)c2ccccc2)nc1C(=O)O. The van der Waals surface area contributed by atoms with Gasteiger partial charge in [-0.25, -0.2) is 9.78 Å². The highest BCUT2D eigenvalue weighted by Gasteiger charge is 2.13. The van der Waals surface area contributed by atoms with Crippen LogP contribution in [0.15, 0.2) is 30.3 Å². The van der Waals surface area contributed by atoms with Crippen molar-refractivity contribution in [2.45, 2.75) is 13.3 Å². The molecular weight excluding hydrogens is 286 g/mol. The van der Waals surface area contributed by atoms with Crippen molar-refractivity contribution >= 4 is 28.1 Å². The lowest BCUT2D eigenvalue weighted by molar-refractivity contribution is 0.0690. The molecule has 112 valence electrons. The number of hydrogen-bond donors (Lipinski definition) is 2. The molecule has 0 bridgehead atoms. The molecule has 0 aliphatic carbocycles. The number of thiazole rings is 1. The molecule has 2 N–H and O–H groups in total. The minimum Gasteiger partial charge on any atom is -0.476 e. The van der Waals surface area contributed by atoms with Crippen molar-refractivity contribution in [1.29, 1.82) is 0 Å². The average Bonchev–Trinajstić information content (AvgIpc) is 2.85. The predicted molar refractivity (Wildman–Crippen MR) is 86.6 cm³/mol. The van der Waals surface area contributed by atoms with Crippen LogP contribution in [0.25, 0.3) is 0 Å². The van der Waals surface area contributed by atoms with Crippen LogP contribution in [0.2, 0.25) is 0 Å². The molecule has 0 saturated carbocycles. The van der Waals surface area contributed by atoms with E-state index in [1.165, 1.54) is 17.0 Å². The zero-order valence-corrected chi connectivity index (χ0v) is 13.0. The van der Waals surface area contributed by atoms with Gasteiger partial charge in [-0.15, -0.1) is 11.3 Å². The molecule has 1 heterocycles. The molecule has 1 aromatic carbocycles. The monoisotopic (exact) mass is 305 g/mol. The van der Waals surface area contributed by atoms with Gasteiger partial charge in [0.15, 0.2) is 10.8 Å². The number of aromatic nitrogens is 1. The lowest BCUT2D eigenvalue weighted by Gasteiger charge is -2.19. The van der Waals surface area contributed by atoms with Crippen LogP contribution >= 0.6 is 11.3 Å². The first kappa shape index (κ1) is 15.3. The Bertz CT molecular complexity index is 598. The van der Waals surface area contributed by atoms with E-state index >= 15 is 0 Å². The van der Waals surface area contributed by atoms with Crippen LogP contribution in [-0.2, 0) is 0 Å². The summed E-state index contributed by atoms with van der Waals surface area (Å²) in [5.41, 5.74) is 1.33. The van der Waals surface area contributed by atoms with Crippen LogP contribution < -0.4 is 10.2 Å². The molecular formula is C15H19N3O2S. The largest absolute Gasteiger partial charge is 0.476 e. The van der Waals surface area contributed by atoms with Crippen molar-refractivity contribution in [3.8, 4) is 0 Å². The number of carbonyl (C=O) groups is 1. The van der Waals surface area contributed by atoms with E-state index in [2.05, 4.69) is 34.4 Å². The van der Waals surface area contributed by atoms with Crippen LogP contribution in [0.1, 0.15) is 21.8 Å². The third kappa shape index (κ3) is 4.19. The highest BCUT2D eigenvalue weighted by molar-refractivity contribution is 7.15. The van der Waals surface area contributed by atoms with Crippen molar-refractivity contribution in [3.63, 3.8) is 0 Å². The number of para-hydroxylation sites is 1. The maximum Gasteiger partial charge on any atom is 0.355 e. The van der Waals surface area contributed by atoms with Gasteiger partial charge in [-0.2, -0.15) is 0 Å². The maximum absolute atomic E-state index is 10.9. The number of aryl methyl sites for hydroxylation is 1. The number of nitrogens with one attached hydrogen (secondary N) is 1. The van der Waals surface area contributed by atoms with Crippen LogP contribution in [-0.4, -0.2) is 36.2 Å². The molecule has 6 heteroatoms. The predicted octanol–water partition coefficient (Wildman–Crippen LogP) is 3.09. The fourth-order valence-electron chi connectivity index (χ4n) is 1.99. The van der Waals surface area contributed by atoms with E-state index in [0.29, 0.717) is 5.13 Å². The van der Waals surface area contributed by atoms with Gasteiger partial charge in [0.2, 0.25) is 0 Å². The molecule has 1 aromatic heterocycles. The average molecular weight is 305 g/mol. The van der Waals surface area contributed by atoms with E-state index in [9.17, 15) is 4.79 Å². The summed E-state index contributed by atoms with van der Waals surface area (Å²) < 4.78 is 0. The van der Waals surface area contributed by atoms with Gasteiger partial charge in [-0.3, -0.25) is 0 Å². The zero-order valence-electron chi connectivity index (χ0n) is 12.2. The van der Waals surface area contributed by atoms with E-state index in [0.717, 1.165) is 24.4 Å². The summed E-state index contributed by atoms with van der Waals surface area (Å²) in [5.74, 6) is -0.972. The second kappa shape index (κ2) is 7.08. The van der Waals surface area contributed by atoms with Crippen molar-refractivity contribution in [1.82, 2.24) is 4.98 Å². The Morgan fingerprint density at radius 2 is 2.10 bits per heavy atom. The molecule has 0 spiro atoms. The minimum atomic E-state index is -0.972. The Kier molecular flexibility index (Phi) is 5.16. The van der Waals surface area contributed by atoms with Crippen molar-refractivity contribution < 1.29 is 9.90 Å². The van der Waals surface area contributed by atoms with E-state index < -0.39 is 5.97 Å². The normalized spacial score (nSPS) is 10.4. The molecule has 5 nitrogen and oxygen atoms in total. The smallest absolute Gasteiger partial charge is 0.355 e. The lowest BCUT2D eigenvalue weighted by atomic mass is 10.3. The Balaban J connectivity index is 1.77. The first-order valence-electron chi connectivity index (χ1n) is 6.78. The molecule has 0 radical (unpaired) electrons. The Morgan fingerprint density at radius 1 is 1.38 bits per heavy atom. The molecule has 0 amide bonds. The van der Waals surface area contributed by atoms with Gasteiger partial charge < -0.3 is 15.3 Å². The second-order valence-corrected chi connectivity index (χ2v) is 5.97. The summed E-state index contributed by atoms with van der Waals surface area (Å²) in [4.78, 5) is 17.9. The van der Waals surface area contributed by atoms with Crippen molar-refractivity contribution in [2.75, 3.05) is 30.4 Å². The number of aromatic carboxylic acids is 1. The van der Waals surface area contributed by atoms with E-state index in [-0.39, 0.29) is 5.69 Å². The summed E-state index contributed by atoms with van der Waals surface area (Å²) >= 11 is 1.38. The molecule has 21 heavy (non-hydrogen) atoms. The summed E-state index contributed by atoms with van der Waals surface area (Å²) in [6, 6.07) is 10.2. The zero-order chi connectivity index (χ0) is 15.2. The van der Waals surface area contributed by atoms with Crippen LogP contribution in [0, 0.1) is 6.92 Å². The van der Waals surface area contributed by atoms with Gasteiger partial charge in [0.1, 0.15) is 0 Å². The summed E-state index contributed by atoms with van der Waals surface area (Å²) in [6.45, 7) is 3.46. The van der Waals surface area contributed by atoms with Gasteiger partial charge in [0.25, 0.3) is 0 Å². The van der Waals surface area contributed by atoms with Crippen LogP contribution in [0.4, 0.5) is 10.8 Å². The molecule has 0 fully saturated rings. The van der Waals surface area contributed by atoms with E-state index in [4.69, 9.17) is 5.11 Å². The quantitative estimate of drug-likeness (QED) is 0.770. The number of carboxylic acid groups (broad SMARTS) is 1. The maximum atomic E-state index is 10.9. The van der Waals surface area contributed by atoms with E-state index in [1.54, 1.807) is 6.92 Å². The number of carboxylic acids is 1. The molecule has 0 aliphatic rings. The van der Waals surface area contributed by atoms with Gasteiger partial charge in [-0.1, -0.05) is 18.2 Å². The summed E-state index contributed by atoms with van der Waals surface area (Å²) in [7, 11) is 2.06. The van der Waals surface area contributed by atoms with Gasteiger partial charge in [-0.05, 0) is 25.5 Å². The van der Waals surface area contributed by atoms with Gasteiger partial charge in [0.05, 0.1) is 0 Å². The fraction of sp³-hybridized carbons (Fsp3) is 0.333. The first-order chi connectivity index (χ1) is 10.1. The molecule has 0 saturated heterocycles. The van der Waals surface area contributed by atoms with Crippen molar-refractivity contribution in [2.24, 2.45) is 0 Å². The third-order valence-electron chi connectivity index (χ3n) is 3.14. The second-order valence-electron chi connectivity index (χ2n) is 4.77. The highest BCUT2D eigenvalue weighted by Crippen LogP contribution is 2.21. The third-order valence-corrected chi connectivity index (χ3v) is 4.07. The minimum absolute atomic E-state index is 0.143. The standard InChI is InChI=1S/C15H19N3O2S/c1-11-13(14(19)20)17-15(21-11)16-9-6-10-18(2)12-7-4-3-5-8-12/h3-5,7-8H,6,9-10H2,1-2H3,(H,16,17)(H,19,20). The number of hydrogen-bond acceptors (Lipinski definition) is 5. The van der Waals surface area contributed by atoms with Gasteiger partial charge in [0, 0.05) is 30.7 Å². The number of benzene rings is 1. The van der Waals surface area contributed by atoms with Crippen LogP contribution in [0.3, 0.4) is 0 Å². The lowest BCUT2D eigenvalue weighted by Crippen LogP contribution is -2.20. The van der Waals surface area contributed by atoms with Gasteiger partial charge >= 0.3 is 5.97 Å². The topological polar surface area (TPSA) is 65.5 Å². The summed E-state index contributed by atoms with van der Waals surface area (Å²) in [5, 5.41) is 12.8. The molecule has 2 aromatic rings. The highest BCUT2D eigenvalue weighted by atomic mass is 32.1. The van der Waals surface area contributed by atoms with Crippen LogP contribution in [0.5, 0.6) is 0 Å².